The number of fused-ring (bicyclic) bond motifs is 1. The molecule has 0 aliphatic heterocycles. The van der Waals surface area contributed by atoms with Gasteiger partial charge in [0.15, 0.2) is 15.0 Å². The molecule has 1 aromatic carbocycles. The van der Waals surface area contributed by atoms with Crippen molar-refractivity contribution in [1.82, 2.24) is 4.98 Å². The quantitative estimate of drug-likeness (QED) is 0.862. The molecule has 0 radical (unpaired) electrons. The van der Waals surface area contributed by atoms with Crippen molar-refractivity contribution in [3.8, 4) is 0 Å². The predicted octanol–water partition coefficient (Wildman–Crippen LogP) is 2.35. The van der Waals surface area contributed by atoms with Crippen LogP contribution in [0.4, 0.5) is 5.13 Å². The summed E-state index contributed by atoms with van der Waals surface area (Å²) in [6.45, 7) is 1.52. The maximum Gasteiger partial charge on any atom is 0.243 e. The van der Waals surface area contributed by atoms with Gasteiger partial charge in [0.1, 0.15) is 5.75 Å². The summed E-state index contributed by atoms with van der Waals surface area (Å²) in [5.41, 5.74) is 0.729. The molecule has 0 bridgehead atoms. The monoisotopic (exact) mass is 332 g/mol. The lowest BCUT2D eigenvalue weighted by molar-refractivity contribution is -0.115. The number of hydrogen-bond acceptors (Lipinski definition) is 5. The Kier molecular flexibility index (Phi) is 4.31. The van der Waals surface area contributed by atoms with Gasteiger partial charge in [0.2, 0.25) is 5.91 Å². The molecule has 2 aromatic rings. The minimum atomic E-state index is -3.34. The van der Waals surface area contributed by atoms with E-state index in [2.05, 4.69) is 4.98 Å². The molecule has 0 fully saturated rings. The van der Waals surface area contributed by atoms with Crippen molar-refractivity contribution >= 4 is 54.0 Å². The number of amides is 1. The van der Waals surface area contributed by atoms with Crippen LogP contribution in [0.3, 0.4) is 0 Å². The Balaban J connectivity index is 2.27. The molecule has 0 aliphatic rings. The predicted molar refractivity (Wildman–Crippen MR) is 82.4 cm³/mol. The summed E-state index contributed by atoms with van der Waals surface area (Å²) in [5, 5.41) is 1.05. The lowest BCUT2D eigenvalue weighted by Crippen LogP contribution is -2.32. The molecule has 0 N–H and O–H groups in total. The van der Waals surface area contributed by atoms with Gasteiger partial charge in [-0.3, -0.25) is 9.69 Å². The topological polar surface area (TPSA) is 67.3 Å². The van der Waals surface area contributed by atoms with E-state index in [1.165, 1.54) is 30.2 Å². The number of halogens is 1. The Morgan fingerprint density at radius 3 is 2.80 bits per heavy atom. The zero-order valence-corrected chi connectivity index (χ0v) is 13.3. The third-order valence-electron chi connectivity index (χ3n) is 2.78. The lowest BCUT2D eigenvalue weighted by atomic mass is 10.3. The molecule has 0 aliphatic carbocycles. The second-order valence-electron chi connectivity index (χ2n) is 4.24. The summed E-state index contributed by atoms with van der Waals surface area (Å²) in [6, 6.07) is 5.24. The van der Waals surface area contributed by atoms with Crippen molar-refractivity contribution in [3.05, 3.63) is 23.2 Å². The van der Waals surface area contributed by atoms with Gasteiger partial charge in [-0.2, -0.15) is 0 Å². The Morgan fingerprint density at radius 2 is 2.15 bits per heavy atom. The van der Waals surface area contributed by atoms with Gasteiger partial charge in [-0.05, 0) is 18.2 Å². The highest BCUT2D eigenvalue weighted by atomic mass is 35.5. The fourth-order valence-corrected chi connectivity index (χ4v) is 3.52. The van der Waals surface area contributed by atoms with Gasteiger partial charge < -0.3 is 0 Å². The Hall–Kier alpha value is -1.18. The highest BCUT2D eigenvalue weighted by Crippen LogP contribution is 2.30. The highest BCUT2D eigenvalue weighted by molar-refractivity contribution is 7.92. The minimum absolute atomic E-state index is 0.0535. The van der Waals surface area contributed by atoms with E-state index in [4.69, 9.17) is 11.6 Å². The molecule has 1 aromatic heterocycles. The van der Waals surface area contributed by atoms with Gasteiger partial charge in [0.05, 0.1) is 10.2 Å². The second kappa shape index (κ2) is 5.67. The van der Waals surface area contributed by atoms with Crippen molar-refractivity contribution in [2.45, 2.75) is 6.92 Å². The lowest BCUT2D eigenvalue weighted by Gasteiger charge is -2.13. The van der Waals surface area contributed by atoms with E-state index in [9.17, 15) is 13.2 Å². The number of aromatic nitrogens is 1. The minimum Gasteiger partial charge on any atom is -0.290 e. The highest BCUT2D eigenvalue weighted by Gasteiger charge is 2.21. The van der Waals surface area contributed by atoms with Crippen LogP contribution in [0.5, 0.6) is 0 Å². The van der Waals surface area contributed by atoms with Crippen molar-refractivity contribution in [2.75, 3.05) is 23.5 Å². The number of hydrogen-bond donors (Lipinski definition) is 0. The van der Waals surface area contributed by atoms with Crippen LogP contribution in [0, 0.1) is 0 Å². The molecule has 5 nitrogen and oxygen atoms in total. The molecular formula is C12H13ClN2O3S2. The summed E-state index contributed by atoms with van der Waals surface area (Å²) in [5.74, 6) is -1.05. The maximum absolute atomic E-state index is 11.9. The summed E-state index contributed by atoms with van der Waals surface area (Å²) >= 11 is 7.19. The molecule has 108 valence electrons. The van der Waals surface area contributed by atoms with E-state index >= 15 is 0 Å². The SMILES string of the molecule is CCS(=O)(=O)CC(=O)N(C)c1nc2ccc(Cl)cc2s1. The van der Waals surface area contributed by atoms with E-state index in [1.807, 2.05) is 0 Å². The van der Waals surface area contributed by atoms with Crippen LogP contribution in [0.15, 0.2) is 18.2 Å². The van der Waals surface area contributed by atoms with Crippen LogP contribution in [0.2, 0.25) is 5.02 Å². The summed E-state index contributed by atoms with van der Waals surface area (Å²) < 4.78 is 23.8. The Bertz CT molecular complexity index is 755. The number of thiazole rings is 1. The van der Waals surface area contributed by atoms with E-state index in [1.54, 1.807) is 18.2 Å². The van der Waals surface area contributed by atoms with Gasteiger partial charge >= 0.3 is 0 Å². The summed E-state index contributed by atoms with van der Waals surface area (Å²) in [4.78, 5) is 17.5. The average molecular weight is 333 g/mol. The molecule has 0 unspecified atom stereocenters. The smallest absolute Gasteiger partial charge is 0.243 e. The molecule has 8 heteroatoms. The molecule has 1 amide bonds. The number of anilines is 1. The summed E-state index contributed by atoms with van der Waals surface area (Å²) in [7, 11) is -1.82. The van der Waals surface area contributed by atoms with E-state index in [-0.39, 0.29) is 5.75 Å². The Labute approximate surface area is 126 Å². The zero-order valence-electron chi connectivity index (χ0n) is 11.0. The largest absolute Gasteiger partial charge is 0.290 e. The first-order valence-corrected chi connectivity index (χ1v) is 8.87. The van der Waals surface area contributed by atoms with Crippen LogP contribution in [0.1, 0.15) is 6.92 Å². The Morgan fingerprint density at radius 1 is 1.45 bits per heavy atom. The van der Waals surface area contributed by atoms with Gasteiger partial charge in [0.25, 0.3) is 0 Å². The van der Waals surface area contributed by atoms with E-state index in [0.29, 0.717) is 10.2 Å². The molecule has 0 saturated carbocycles. The molecule has 0 atom stereocenters. The maximum atomic E-state index is 11.9. The van der Waals surface area contributed by atoms with Crippen molar-refractivity contribution in [3.63, 3.8) is 0 Å². The number of carbonyl (C=O) groups excluding carboxylic acids is 1. The van der Waals surface area contributed by atoms with Crippen LogP contribution in [-0.2, 0) is 14.6 Å². The first-order chi connectivity index (χ1) is 9.32. The first kappa shape index (κ1) is 15.2. The van der Waals surface area contributed by atoms with Crippen LogP contribution in [0.25, 0.3) is 10.2 Å². The number of sulfone groups is 1. The molecular weight excluding hydrogens is 320 g/mol. The van der Waals surface area contributed by atoms with E-state index < -0.39 is 21.5 Å². The van der Waals surface area contributed by atoms with Crippen molar-refractivity contribution in [1.29, 1.82) is 0 Å². The first-order valence-electron chi connectivity index (χ1n) is 5.85. The molecule has 20 heavy (non-hydrogen) atoms. The number of benzene rings is 1. The third-order valence-corrected chi connectivity index (χ3v) is 5.68. The van der Waals surface area contributed by atoms with Gasteiger partial charge in [-0.25, -0.2) is 13.4 Å². The summed E-state index contributed by atoms with van der Waals surface area (Å²) in [6.07, 6.45) is 0. The molecule has 0 spiro atoms. The number of nitrogens with zero attached hydrogens (tertiary/aromatic N) is 2. The fraction of sp³-hybridized carbons (Fsp3) is 0.333. The number of rotatable bonds is 4. The van der Waals surface area contributed by atoms with E-state index in [0.717, 1.165) is 10.2 Å². The molecule has 0 saturated heterocycles. The van der Waals surface area contributed by atoms with Gasteiger partial charge in [-0.15, -0.1) is 0 Å². The fourth-order valence-electron chi connectivity index (χ4n) is 1.52. The molecule has 2 rings (SSSR count). The average Bonchev–Trinajstić information content (AvgIpc) is 2.80. The van der Waals surface area contributed by atoms with Gasteiger partial charge in [0, 0.05) is 17.8 Å². The van der Waals surface area contributed by atoms with Crippen molar-refractivity contribution in [2.24, 2.45) is 0 Å². The van der Waals surface area contributed by atoms with Gasteiger partial charge in [-0.1, -0.05) is 29.9 Å². The normalized spacial score (nSPS) is 11.8. The zero-order chi connectivity index (χ0) is 14.9. The second-order valence-corrected chi connectivity index (χ2v) is 8.04. The molecule has 1 heterocycles. The van der Waals surface area contributed by atoms with Crippen molar-refractivity contribution < 1.29 is 13.2 Å². The standard InChI is InChI=1S/C12H13ClN2O3S2/c1-3-20(17,18)7-11(16)15(2)12-14-9-5-4-8(13)6-10(9)19-12/h4-6H,3,7H2,1-2H3. The third kappa shape index (κ3) is 3.28. The van der Waals surface area contributed by atoms with Crippen LogP contribution >= 0.6 is 22.9 Å². The van der Waals surface area contributed by atoms with Crippen LogP contribution < -0.4 is 4.90 Å². The number of carbonyl (C=O) groups is 1. The van der Waals surface area contributed by atoms with Crippen LogP contribution in [-0.4, -0.2) is 37.9 Å².